The second kappa shape index (κ2) is 10.1. The lowest BCUT2D eigenvalue weighted by Crippen LogP contribution is -2.47. The van der Waals surface area contributed by atoms with Gasteiger partial charge in [-0.1, -0.05) is 39.0 Å². The summed E-state index contributed by atoms with van der Waals surface area (Å²) < 4.78 is 14.2. The normalized spacial score (nSPS) is 18.6. The van der Waals surface area contributed by atoms with Crippen molar-refractivity contribution in [2.24, 2.45) is 0 Å². The average molecular weight is 400 g/mol. The molecule has 2 aliphatic heterocycles. The van der Waals surface area contributed by atoms with Gasteiger partial charge in [-0.15, -0.1) is 0 Å². The molecule has 0 saturated carbocycles. The van der Waals surface area contributed by atoms with Crippen LogP contribution in [0.3, 0.4) is 0 Å². The van der Waals surface area contributed by atoms with E-state index in [2.05, 4.69) is 38.5 Å². The van der Waals surface area contributed by atoms with Gasteiger partial charge in [-0.25, -0.2) is 14.4 Å². The fourth-order valence-corrected chi connectivity index (χ4v) is 4.25. The summed E-state index contributed by atoms with van der Waals surface area (Å²) in [4.78, 5) is 16.4. The first-order valence-electron chi connectivity index (χ1n) is 11.0. The molecule has 1 fully saturated rings. The number of halogens is 1. The number of nitrogens with zero attached hydrogens (tertiary/aromatic N) is 5. The van der Waals surface area contributed by atoms with Gasteiger partial charge in [-0.2, -0.15) is 0 Å². The van der Waals surface area contributed by atoms with Crippen LogP contribution in [-0.4, -0.2) is 59.0 Å². The Morgan fingerprint density at radius 3 is 2.45 bits per heavy atom. The summed E-state index contributed by atoms with van der Waals surface area (Å²) in [6.07, 6.45) is 2.61. The molecule has 2 aliphatic rings. The van der Waals surface area contributed by atoms with Crippen molar-refractivity contribution in [2.75, 3.05) is 44.2 Å². The van der Waals surface area contributed by atoms with Crippen LogP contribution in [-0.2, 0) is 13.0 Å². The second-order valence-corrected chi connectivity index (χ2v) is 7.46. The highest BCUT2D eigenvalue weighted by molar-refractivity contribution is 5.50. The first-order chi connectivity index (χ1) is 14.2. The van der Waals surface area contributed by atoms with E-state index in [-0.39, 0.29) is 11.9 Å². The minimum Gasteiger partial charge on any atom is -0.354 e. The number of likely N-dealkylation sites (N-methyl/N-ethyl adjacent to an activating group) is 1. The summed E-state index contributed by atoms with van der Waals surface area (Å²) in [6, 6.07) is 7.11. The topological polar surface area (TPSA) is 35.5 Å². The van der Waals surface area contributed by atoms with Crippen molar-refractivity contribution < 1.29 is 4.39 Å². The maximum Gasteiger partial charge on any atom is 0.135 e. The Balaban J connectivity index is 0.00000117. The fourth-order valence-electron chi connectivity index (χ4n) is 4.25. The van der Waals surface area contributed by atoms with Crippen molar-refractivity contribution >= 4 is 5.82 Å². The molecule has 158 valence electrons. The van der Waals surface area contributed by atoms with Gasteiger partial charge in [0.25, 0.3) is 0 Å². The van der Waals surface area contributed by atoms with Crippen LogP contribution >= 0.6 is 0 Å². The molecule has 0 aliphatic carbocycles. The Morgan fingerprint density at radius 2 is 1.76 bits per heavy atom. The molecule has 0 spiro atoms. The van der Waals surface area contributed by atoms with Crippen molar-refractivity contribution in [3.05, 3.63) is 53.2 Å². The molecular formula is C23H34FN5. The first kappa shape index (κ1) is 21.7. The lowest BCUT2D eigenvalue weighted by Gasteiger charge is -2.38. The summed E-state index contributed by atoms with van der Waals surface area (Å²) in [7, 11) is 0. The summed E-state index contributed by atoms with van der Waals surface area (Å²) in [5.74, 6) is 0.974. The zero-order valence-electron chi connectivity index (χ0n) is 18.2. The summed E-state index contributed by atoms with van der Waals surface area (Å²) >= 11 is 0. The molecule has 0 amide bonds. The highest BCUT2D eigenvalue weighted by Gasteiger charge is 2.28. The summed E-state index contributed by atoms with van der Waals surface area (Å²) in [5.41, 5.74) is 3.12. The van der Waals surface area contributed by atoms with Gasteiger partial charge in [0.05, 0.1) is 5.69 Å². The van der Waals surface area contributed by atoms with Crippen molar-refractivity contribution in [1.82, 2.24) is 19.8 Å². The van der Waals surface area contributed by atoms with Crippen LogP contribution in [0.15, 0.2) is 30.6 Å². The third kappa shape index (κ3) is 4.75. The van der Waals surface area contributed by atoms with Crippen molar-refractivity contribution in [3.63, 3.8) is 0 Å². The average Bonchev–Trinajstić information content (AvgIpc) is 2.79. The molecule has 1 aromatic carbocycles. The van der Waals surface area contributed by atoms with Gasteiger partial charge in [0.15, 0.2) is 0 Å². The number of aromatic nitrogens is 2. The Morgan fingerprint density at radius 1 is 1.03 bits per heavy atom. The maximum atomic E-state index is 14.2. The van der Waals surface area contributed by atoms with Gasteiger partial charge in [0.2, 0.25) is 0 Å². The number of fused-ring (bicyclic) bond motifs is 1. The molecular weight excluding hydrogens is 365 g/mol. The fraction of sp³-hybridized carbons (Fsp3) is 0.565. The van der Waals surface area contributed by atoms with E-state index < -0.39 is 0 Å². The molecule has 1 atom stereocenters. The Kier molecular flexibility index (Phi) is 7.56. The Labute approximate surface area is 174 Å². The second-order valence-electron chi connectivity index (χ2n) is 7.46. The van der Waals surface area contributed by atoms with E-state index in [0.717, 1.165) is 69.3 Å². The monoisotopic (exact) mass is 399 g/mol. The van der Waals surface area contributed by atoms with E-state index in [9.17, 15) is 4.39 Å². The van der Waals surface area contributed by atoms with Gasteiger partial charge >= 0.3 is 0 Å². The highest BCUT2D eigenvalue weighted by atomic mass is 19.1. The van der Waals surface area contributed by atoms with Crippen LogP contribution < -0.4 is 4.90 Å². The lowest BCUT2D eigenvalue weighted by molar-refractivity contribution is 0.185. The quantitative estimate of drug-likeness (QED) is 0.779. The highest BCUT2D eigenvalue weighted by Crippen LogP contribution is 2.31. The molecule has 4 rings (SSSR count). The van der Waals surface area contributed by atoms with Crippen LogP contribution in [0.5, 0.6) is 0 Å². The summed E-state index contributed by atoms with van der Waals surface area (Å²) in [6.45, 7) is 15.3. The Bertz CT molecular complexity index is 789. The Hall–Kier alpha value is -2.05. The largest absolute Gasteiger partial charge is 0.354 e. The van der Waals surface area contributed by atoms with Crippen LogP contribution in [0.4, 0.5) is 10.2 Å². The van der Waals surface area contributed by atoms with E-state index in [1.165, 1.54) is 5.56 Å². The molecule has 5 nitrogen and oxygen atoms in total. The van der Waals surface area contributed by atoms with E-state index >= 15 is 0 Å². The minimum atomic E-state index is -0.132. The van der Waals surface area contributed by atoms with Crippen LogP contribution in [0.1, 0.15) is 50.6 Å². The zero-order chi connectivity index (χ0) is 20.8. The molecule has 1 saturated heterocycles. The third-order valence-corrected chi connectivity index (χ3v) is 6.04. The molecule has 3 heterocycles. The first-order valence-corrected chi connectivity index (χ1v) is 11.0. The standard InChI is InChI=1S/C21H28FN5.C2H6/c1-3-25-10-12-26(13-11-25)21-18-8-9-27(14-20(18)23-15-24-21)16(2)17-6-4-5-7-19(17)22;1-2/h4-7,15-16H,3,8-14H2,1-2H3;1-2H3. The number of hydrogen-bond acceptors (Lipinski definition) is 5. The SMILES string of the molecule is CC.CCN1CCN(c2ncnc3c2CCN(C(C)c2ccccc2F)C3)CC1. The zero-order valence-corrected chi connectivity index (χ0v) is 18.2. The van der Waals surface area contributed by atoms with Gasteiger partial charge < -0.3 is 9.80 Å². The summed E-state index contributed by atoms with van der Waals surface area (Å²) in [5, 5.41) is 0. The number of anilines is 1. The predicted octanol–water partition coefficient (Wildman–Crippen LogP) is 3.90. The van der Waals surface area contributed by atoms with Crippen LogP contribution in [0.25, 0.3) is 0 Å². The number of rotatable bonds is 4. The number of piperazine rings is 1. The van der Waals surface area contributed by atoms with Gasteiger partial charge in [0, 0.05) is 56.4 Å². The molecule has 0 N–H and O–H groups in total. The lowest BCUT2D eigenvalue weighted by atomic mass is 10.00. The third-order valence-electron chi connectivity index (χ3n) is 6.04. The van der Waals surface area contributed by atoms with Gasteiger partial charge in [-0.3, -0.25) is 4.90 Å². The van der Waals surface area contributed by atoms with Crippen LogP contribution in [0.2, 0.25) is 0 Å². The molecule has 2 aromatic rings. The maximum absolute atomic E-state index is 14.2. The molecule has 6 heteroatoms. The van der Waals surface area contributed by atoms with E-state index in [1.807, 2.05) is 26.0 Å². The van der Waals surface area contributed by atoms with Crippen molar-refractivity contribution in [3.8, 4) is 0 Å². The van der Waals surface area contributed by atoms with E-state index in [4.69, 9.17) is 0 Å². The number of benzene rings is 1. The van der Waals surface area contributed by atoms with Gasteiger partial charge in [-0.05, 0) is 26.0 Å². The predicted molar refractivity (Wildman–Crippen MR) is 117 cm³/mol. The molecule has 29 heavy (non-hydrogen) atoms. The number of hydrogen-bond donors (Lipinski definition) is 0. The van der Waals surface area contributed by atoms with E-state index in [0.29, 0.717) is 0 Å². The molecule has 1 unspecified atom stereocenters. The smallest absolute Gasteiger partial charge is 0.135 e. The van der Waals surface area contributed by atoms with Crippen LogP contribution in [0, 0.1) is 5.82 Å². The van der Waals surface area contributed by atoms with E-state index in [1.54, 1.807) is 18.5 Å². The van der Waals surface area contributed by atoms with Gasteiger partial charge in [0.1, 0.15) is 18.0 Å². The minimum absolute atomic E-state index is 0.0332. The van der Waals surface area contributed by atoms with Crippen molar-refractivity contribution in [1.29, 1.82) is 0 Å². The molecule has 0 radical (unpaired) electrons. The molecule has 0 bridgehead atoms. The van der Waals surface area contributed by atoms with Crippen molar-refractivity contribution in [2.45, 2.75) is 46.7 Å². The molecule has 1 aromatic heterocycles.